The summed E-state index contributed by atoms with van der Waals surface area (Å²) < 4.78 is 33.5. The number of amides is 1. The Morgan fingerprint density at radius 1 is 0.969 bits per heavy atom. The first-order valence-electron chi connectivity index (χ1n) is 11.2. The molecule has 2 saturated heterocycles. The highest BCUT2D eigenvalue weighted by atomic mass is 32.2. The smallest absolute Gasteiger partial charge is 0.257 e. The summed E-state index contributed by atoms with van der Waals surface area (Å²) in [4.78, 5) is 15.7. The molecule has 0 atom stereocenters. The third-order valence-electron chi connectivity index (χ3n) is 6.37. The summed E-state index contributed by atoms with van der Waals surface area (Å²) in [5.74, 6) is -0.309. The van der Waals surface area contributed by atoms with Crippen LogP contribution in [-0.2, 0) is 14.8 Å². The van der Waals surface area contributed by atoms with Crippen molar-refractivity contribution in [2.45, 2.75) is 38.0 Å². The molecular formula is C24H31N3O4S. The first kappa shape index (κ1) is 22.8. The molecule has 172 valence electrons. The summed E-state index contributed by atoms with van der Waals surface area (Å²) in [5.41, 5.74) is 3.90. The molecule has 2 aromatic rings. The predicted molar refractivity (Wildman–Crippen MR) is 126 cm³/mol. The van der Waals surface area contributed by atoms with Crippen molar-refractivity contribution in [2.75, 3.05) is 49.6 Å². The molecule has 0 unspecified atom stereocenters. The highest BCUT2D eigenvalue weighted by molar-refractivity contribution is 7.89. The molecule has 0 radical (unpaired) electrons. The van der Waals surface area contributed by atoms with Gasteiger partial charge in [-0.25, -0.2) is 8.42 Å². The lowest BCUT2D eigenvalue weighted by Crippen LogP contribution is -2.38. The second-order valence-electron chi connectivity index (χ2n) is 8.44. The number of aryl methyl sites for hydroxylation is 1. The zero-order chi connectivity index (χ0) is 22.7. The highest BCUT2D eigenvalue weighted by Crippen LogP contribution is 2.29. The molecule has 2 aliphatic heterocycles. The number of sulfonamides is 1. The number of anilines is 2. The minimum absolute atomic E-state index is 0.169. The molecule has 2 heterocycles. The summed E-state index contributed by atoms with van der Waals surface area (Å²) in [7, 11) is -3.64. The van der Waals surface area contributed by atoms with Crippen molar-refractivity contribution in [3.05, 3.63) is 53.1 Å². The maximum Gasteiger partial charge on any atom is 0.257 e. The number of hydrogen-bond donors (Lipinski definition) is 1. The van der Waals surface area contributed by atoms with Gasteiger partial charge in [0.1, 0.15) is 0 Å². The van der Waals surface area contributed by atoms with Crippen LogP contribution in [0, 0.1) is 13.8 Å². The molecule has 8 heteroatoms. The Labute approximate surface area is 190 Å². The van der Waals surface area contributed by atoms with Crippen molar-refractivity contribution < 1.29 is 17.9 Å². The normalized spacial score (nSPS) is 17.9. The fourth-order valence-electron chi connectivity index (χ4n) is 4.27. The summed E-state index contributed by atoms with van der Waals surface area (Å²) in [6.45, 7) is 7.47. The third kappa shape index (κ3) is 4.67. The van der Waals surface area contributed by atoms with Gasteiger partial charge in [-0.2, -0.15) is 4.31 Å². The summed E-state index contributed by atoms with van der Waals surface area (Å²) in [6.07, 6.45) is 2.78. The Bertz CT molecular complexity index is 1090. The Morgan fingerprint density at radius 3 is 2.41 bits per heavy atom. The van der Waals surface area contributed by atoms with Crippen molar-refractivity contribution in [1.82, 2.24) is 4.31 Å². The standard InChI is InChI=1S/C24H31N3O4S/c1-18-7-6-8-22(19(18)2)25-24(28)21-17-20(32(29,30)27-11-4-3-5-12-27)9-10-23(21)26-13-15-31-16-14-26/h6-10,17H,3-5,11-16H2,1-2H3,(H,25,28). The molecule has 7 nitrogen and oxygen atoms in total. The van der Waals surface area contributed by atoms with E-state index < -0.39 is 10.0 Å². The van der Waals surface area contributed by atoms with E-state index in [4.69, 9.17) is 4.74 Å². The average Bonchev–Trinajstić information content (AvgIpc) is 2.82. The molecular weight excluding hydrogens is 426 g/mol. The lowest BCUT2D eigenvalue weighted by Gasteiger charge is -2.31. The number of hydrogen-bond acceptors (Lipinski definition) is 5. The SMILES string of the molecule is Cc1cccc(NC(=O)c2cc(S(=O)(=O)N3CCCCC3)ccc2N2CCOCC2)c1C. The first-order valence-corrected chi connectivity index (χ1v) is 12.7. The number of piperidine rings is 1. The van der Waals surface area contributed by atoms with E-state index in [1.165, 1.54) is 10.4 Å². The van der Waals surface area contributed by atoms with Crippen molar-refractivity contribution in [2.24, 2.45) is 0 Å². The van der Waals surface area contributed by atoms with Crippen LogP contribution in [-0.4, -0.2) is 58.0 Å². The molecule has 4 rings (SSSR count). The van der Waals surface area contributed by atoms with Gasteiger partial charge in [0.25, 0.3) is 5.91 Å². The average molecular weight is 458 g/mol. The molecule has 0 aliphatic carbocycles. The van der Waals surface area contributed by atoms with Gasteiger partial charge in [-0.1, -0.05) is 18.6 Å². The molecule has 1 amide bonds. The topological polar surface area (TPSA) is 79.0 Å². The highest BCUT2D eigenvalue weighted by Gasteiger charge is 2.28. The van der Waals surface area contributed by atoms with Crippen molar-refractivity contribution in [3.8, 4) is 0 Å². The minimum atomic E-state index is -3.64. The zero-order valence-electron chi connectivity index (χ0n) is 18.8. The van der Waals surface area contributed by atoms with E-state index in [-0.39, 0.29) is 10.8 Å². The fourth-order valence-corrected chi connectivity index (χ4v) is 5.81. The minimum Gasteiger partial charge on any atom is -0.378 e. The second-order valence-corrected chi connectivity index (χ2v) is 10.4. The van der Waals surface area contributed by atoms with Crippen LogP contribution in [0.5, 0.6) is 0 Å². The largest absolute Gasteiger partial charge is 0.378 e. The number of rotatable bonds is 5. The van der Waals surface area contributed by atoms with Crippen LogP contribution < -0.4 is 10.2 Å². The lowest BCUT2D eigenvalue weighted by molar-refractivity contribution is 0.102. The molecule has 2 aliphatic rings. The molecule has 0 aromatic heterocycles. The Morgan fingerprint density at radius 2 is 1.69 bits per heavy atom. The van der Waals surface area contributed by atoms with E-state index in [9.17, 15) is 13.2 Å². The van der Waals surface area contributed by atoms with Crippen molar-refractivity contribution >= 4 is 27.3 Å². The number of ether oxygens (including phenoxy) is 1. The maximum absolute atomic E-state index is 13.4. The number of carbonyl (C=O) groups is 1. The third-order valence-corrected chi connectivity index (χ3v) is 8.26. The van der Waals surface area contributed by atoms with Gasteiger partial charge in [-0.05, 0) is 62.1 Å². The van der Waals surface area contributed by atoms with Crippen LogP contribution >= 0.6 is 0 Å². The summed E-state index contributed by atoms with van der Waals surface area (Å²) in [6, 6.07) is 10.7. The number of nitrogens with zero attached hydrogens (tertiary/aromatic N) is 2. The zero-order valence-corrected chi connectivity index (χ0v) is 19.6. The van der Waals surface area contributed by atoms with Gasteiger partial charge in [0.05, 0.1) is 23.7 Å². The van der Waals surface area contributed by atoms with E-state index in [1.807, 2.05) is 32.0 Å². The molecule has 2 fully saturated rings. The number of nitrogens with one attached hydrogen (secondary N) is 1. The maximum atomic E-state index is 13.4. The number of benzene rings is 2. The Hall–Kier alpha value is -2.42. The van der Waals surface area contributed by atoms with Crippen LogP contribution in [0.15, 0.2) is 41.3 Å². The molecule has 0 saturated carbocycles. The lowest BCUT2D eigenvalue weighted by atomic mass is 10.1. The van der Waals surface area contributed by atoms with Crippen LogP contribution in [0.3, 0.4) is 0 Å². The van der Waals surface area contributed by atoms with E-state index >= 15 is 0 Å². The van der Waals surface area contributed by atoms with Crippen LogP contribution in [0.1, 0.15) is 40.7 Å². The molecule has 1 N–H and O–H groups in total. The van der Waals surface area contributed by atoms with Crippen molar-refractivity contribution in [3.63, 3.8) is 0 Å². The van der Waals surface area contributed by atoms with E-state index in [0.29, 0.717) is 45.0 Å². The number of carbonyl (C=O) groups excluding carboxylic acids is 1. The Kier molecular flexibility index (Phi) is 6.83. The van der Waals surface area contributed by atoms with E-state index in [2.05, 4.69) is 10.2 Å². The quantitative estimate of drug-likeness (QED) is 0.743. The summed E-state index contributed by atoms with van der Waals surface area (Å²) >= 11 is 0. The van der Waals surface area contributed by atoms with Crippen LogP contribution in [0.25, 0.3) is 0 Å². The molecule has 0 bridgehead atoms. The van der Waals surface area contributed by atoms with E-state index in [1.54, 1.807) is 12.1 Å². The van der Waals surface area contributed by atoms with Gasteiger partial charge < -0.3 is 15.0 Å². The van der Waals surface area contributed by atoms with Gasteiger partial charge in [0.2, 0.25) is 10.0 Å². The number of morpholine rings is 1. The van der Waals surface area contributed by atoms with Crippen molar-refractivity contribution in [1.29, 1.82) is 0 Å². The van der Waals surface area contributed by atoms with Gasteiger partial charge in [0, 0.05) is 37.6 Å². The van der Waals surface area contributed by atoms with Gasteiger partial charge in [-0.15, -0.1) is 0 Å². The van der Waals surface area contributed by atoms with Crippen LogP contribution in [0.4, 0.5) is 11.4 Å². The first-order chi connectivity index (χ1) is 15.4. The van der Waals surface area contributed by atoms with Gasteiger partial charge in [0.15, 0.2) is 0 Å². The van der Waals surface area contributed by atoms with Gasteiger partial charge in [-0.3, -0.25) is 4.79 Å². The Balaban J connectivity index is 1.72. The van der Waals surface area contributed by atoms with Crippen LogP contribution in [0.2, 0.25) is 0 Å². The monoisotopic (exact) mass is 457 g/mol. The molecule has 32 heavy (non-hydrogen) atoms. The fraction of sp³-hybridized carbons (Fsp3) is 0.458. The molecule has 0 spiro atoms. The second kappa shape index (κ2) is 9.60. The predicted octanol–water partition coefficient (Wildman–Crippen LogP) is 3.57. The van der Waals surface area contributed by atoms with E-state index in [0.717, 1.165) is 41.8 Å². The van der Waals surface area contributed by atoms with Gasteiger partial charge >= 0.3 is 0 Å². The summed E-state index contributed by atoms with van der Waals surface area (Å²) in [5, 5.41) is 3.00. The molecule has 2 aromatic carbocycles.